The van der Waals surface area contributed by atoms with Crippen molar-refractivity contribution in [1.29, 1.82) is 0 Å². The van der Waals surface area contributed by atoms with E-state index in [1.54, 1.807) is 0 Å². The van der Waals surface area contributed by atoms with Crippen LogP contribution in [0.25, 0.3) is 0 Å². The van der Waals surface area contributed by atoms with Crippen LogP contribution in [0, 0.1) is 5.75 Å². The van der Waals surface area contributed by atoms with Gasteiger partial charge in [0.1, 0.15) is 0 Å². The molecule has 0 bridgehead atoms. The van der Waals surface area contributed by atoms with Crippen LogP contribution in [0.1, 0.15) is 162 Å². The summed E-state index contributed by atoms with van der Waals surface area (Å²) in [6.45, 7) is 4.60. The van der Waals surface area contributed by atoms with E-state index in [4.69, 9.17) is 0 Å². The van der Waals surface area contributed by atoms with Crippen molar-refractivity contribution < 1.29 is 0 Å². The smallest absolute Gasteiger partial charge is 0.0166 e. The lowest BCUT2D eigenvalue weighted by molar-refractivity contribution is 0.532. The average Bonchev–Trinajstić information content (AvgIpc) is 2.71. The van der Waals surface area contributed by atoms with Crippen LogP contribution in [0.15, 0.2) is 0 Å². The van der Waals surface area contributed by atoms with Crippen molar-refractivity contribution in [3.05, 3.63) is 5.75 Å². The molecule has 169 valence electrons. The molecule has 1 heteroatoms. The second-order valence-corrected chi connectivity index (χ2v) is 9.97. The zero-order chi connectivity index (χ0) is 20.4. The first kappa shape index (κ1) is 28.4. The summed E-state index contributed by atoms with van der Waals surface area (Å²) in [5.41, 5.74) is 0. The van der Waals surface area contributed by atoms with Gasteiger partial charge in [0, 0.05) is 5.75 Å². The van der Waals surface area contributed by atoms with Crippen molar-refractivity contribution in [1.82, 2.24) is 0 Å². The van der Waals surface area contributed by atoms with Crippen LogP contribution in [0.3, 0.4) is 0 Å². The molecule has 0 aliphatic rings. The Bertz CT molecular complexity index is 225. The number of unbranched alkanes of at least 4 members (excludes halogenated alkanes) is 21. The Kier molecular flexibility index (Phi) is 27.7. The molecule has 0 atom stereocenters. The van der Waals surface area contributed by atoms with Gasteiger partial charge in [-0.25, -0.2) is 0 Å². The zero-order valence-electron chi connectivity index (χ0n) is 20.0. The first-order valence-corrected chi connectivity index (χ1v) is 14.4. The van der Waals surface area contributed by atoms with E-state index in [0.29, 0.717) is 0 Å². The first-order valence-electron chi connectivity index (χ1n) is 13.3. The lowest BCUT2D eigenvalue weighted by Crippen LogP contribution is -1.84. The molecule has 0 aromatic rings. The Morgan fingerprint density at radius 3 is 1.11 bits per heavy atom. The summed E-state index contributed by atoms with van der Waals surface area (Å²) in [4.78, 5) is 0. The quantitative estimate of drug-likeness (QED) is 0.135. The summed E-state index contributed by atoms with van der Waals surface area (Å²) in [6.07, 6.45) is 33.3. The molecule has 0 saturated carbocycles. The van der Waals surface area contributed by atoms with Gasteiger partial charge in [0.25, 0.3) is 0 Å². The van der Waals surface area contributed by atoms with Gasteiger partial charge in [0.05, 0.1) is 0 Å². The Morgan fingerprint density at radius 1 is 0.393 bits per heavy atom. The monoisotopic (exact) mass is 411 g/mol. The topological polar surface area (TPSA) is 0 Å². The maximum absolute atomic E-state index is 2.49. The molecule has 0 amide bonds. The highest BCUT2D eigenvalue weighted by Crippen LogP contribution is 2.17. The Hall–Kier alpha value is 0.350. The third kappa shape index (κ3) is 26.4. The molecule has 0 aromatic carbocycles. The van der Waals surface area contributed by atoms with Gasteiger partial charge in [-0.1, -0.05) is 149 Å². The van der Waals surface area contributed by atoms with Gasteiger partial charge >= 0.3 is 0 Å². The molecule has 0 aliphatic heterocycles. The lowest BCUT2D eigenvalue weighted by Gasteiger charge is -2.04. The van der Waals surface area contributed by atoms with E-state index in [2.05, 4.69) is 31.4 Å². The standard InChI is InChI=1S/C27H55S/c1-3-5-7-9-11-12-13-14-15-16-17-18-19-21-23-25-27-28-26-24-22-20-10-8-6-4-2/h27H,3-26H2,1-2H3. The number of hydrogen-bond donors (Lipinski definition) is 0. The molecule has 28 heavy (non-hydrogen) atoms. The Balaban J connectivity index is 2.96. The zero-order valence-corrected chi connectivity index (χ0v) is 20.8. The normalized spacial score (nSPS) is 11.4. The fourth-order valence-corrected chi connectivity index (χ4v) is 4.78. The maximum Gasteiger partial charge on any atom is 0.0166 e. The van der Waals surface area contributed by atoms with Gasteiger partial charge in [-0.05, 0) is 18.6 Å². The summed E-state index contributed by atoms with van der Waals surface area (Å²) < 4.78 is 0. The Labute approximate surface area is 184 Å². The van der Waals surface area contributed by atoms with E-state index in [9.17, 15) is 0 Å². The minimum atomic E-state index is 1.33. The predicted octanol–water partition coefficient (Wildman–Crippen LogP) is 10.9. The van der Waals surface area contributed by atoms with E-state index in [0.717, 1.165) is 0 Å². The van der Waals surface area contributed by atoms with Crippen molar-refractivity contribution in [2.75, 3.05) is 5.75 Å². The molecule has 0 N–H and O–H groups in total. The van der Waals surface area contributed by atoms with Crippen molar-refractivity contribution >= 4 is 11.8 Å². The summed E-state index contributed by atoms with van der Waals surface area (Å²) in [5, 5.41) is 0. The molecule has 0 spiro atoms. The molecule has 0 rings (SSSR count). The van der Waals surface area contributed by atoms with Crippen LogP contribution in [0.2, 0.25) is 0 Å². The van der Waals surface area contributed by atoms with Crippen LogP contribution in [0.4, 0.5) is 0 Å². The molecular formula is C27H55S. The highest BCUT2D eigenvalue weighted by molar-refractivity contribution is 8.01. The summed E-state index contributed by atoms with van der Waals surface area (Å²) in [6, 6.07) is 0. The molecule has 1 radical (unpaired) electrons. The van der Waals surface area contributed by atoms with Gasteiger partial charge in [0.2, 0.25) is 0 Å². The summed E-state index contributed by atoms with van der Waals surface area (Å²) in [7, 11) is 0. The predicted molar refractivity (Wildman–Crippen MR) is 134 cm³/mol. The molecule has 0 aliphatic carbocycles. The minimum absolute atomic E-state index is 1.33. The molecule has 0 heterocycles. The van der Waals surface area contributed by atoms with Crippen LogP contribution >= 0.6 is 11.8 Å². The molecule has 0 aromatic heterocycles. The third-order valence-corrected chi connectivity index (χ3v) is 6.90. The minimum Gasteiger partial charge on any atom is -0.157 e. The van der Waals surface area contributed by atoms with Crippen molar-refractivity contribution in [2.45, 2.75) is 162 Å². The third-order valence-electron chi connectivity index (χ3n) is 5.91. The summed E-state index contributed by atoms with van der Waals surface area (Å²) >= 11 is 2.08. The number of hydrogen-bond acceptors (Lipinski definition) is 1. The van der Waals surface area contributed by atoms with E-state index in [1.165, 1.54) is 153 Å². The molecule has 0 unspecified atom stereocenters. The molecule has 0 saturated heterocycles. The van der Waals surface area contributed by atoms with Crippen LogP contribution in [-0.2, 0) is 0 Å². The maximum atomic E-state index is 2.49. The average molecular weight is 412 g/mol. The van der Waals surface area contributed by atoms with Gasteiger partial charge in [0.15, 0.2) is 0 Å². The SMILES string of the molecule is CCCCCCCCCCCCCCCCC[CH]SCCCCCCCCC. The fraction of sp³-hybridized carbons (Fsp3) is 0.963. The fourth-order valence-electron chi connectivity index (χ4n) is 3.91. The van der Waals surface area contributed by atoms with Gasteiger partial charge in [-0.15, -0.1) is 0 Å². The van der Waals surface area contributed by atoms with Crippen molar-refractivity contribution in [2.24, 2.45) is 0 Å². The largest absolute Gasteiger partial charge is 0.157 e. The van der Waals surface area contributed by atoms with Crippen LogP contribution < -0.4 is 0 Å². The number of thioether (sulfide) groups is 1. The second kappa shape index (κ2) is 27.4. The van der Waals surface area contributed by atoms with Gasteiger partial charge in [-0.3, -0.25) is 0 Å². The van der Waals surface area contributed by atoms with Crippen LogP contribution in [-0.4, -0.2) is 5.75 Å². The second-order valence-electron chi connectivity index (χ2n) is 8.90. The van der Waals surface area contributed by atoms with E-state index < -0.39 is 0 Å². The lowest BCUT2D eigenvalue weighted by atomic mass is 10.0. The first-order chi connectivity index (χ1) is 13.9. The highest BCUT2D eigenvalue weighted by Gasteiger charge is 1.96. The van der Waals surface area contributed by atoms with Crippen molar-refractivity contribution in [3.8, 4) is 0 Å². The van der Waals surface area contributed by atoms with Gasteiger partial charge in [-0.2, -0.15) is 11.8 Å². The molecular weight excluding hydrogens is 356 g/mol. The molecule has 0 fully saturated rings. The van der Waals surface area contributed by atoms with E-state index in [1.807, 2.05) is 0 Å². The Morgan fingerprint density at radius 2 is 0.714 bits per heavy atom. The van der Waals surface area contributed by atoms with E-state index in [-0.39, 0.29) is 0 Å². The van der Waals surface area contributed by atoms with Gasteiger partial charge < -0.3 is 0 Å². The number of rotatable bonds is 25. The molecule has 0 nitrogen and oxygen atoms in total. The van der Waals surface area contributed by atoms with Crippen molar-refractivity contribution in [3.63, 3.8) is 0 Å². The summed E-state index contributed by atoms with van der Waals surface area (Å²) in [5.74, 6) is 3.84. The van der Waals surface area contributed by atoms with E-state index >= 15 is 0 Å². The van der Waals surface area contributed by atoms with Crippen LogP contribution in [0.5, 0.6) is 0 Å². The highest BCUT2D eigenvalue weighted by atomic mass is 32.2.